The van der Waals surface area contributed by atoms with Crippen LogP contribution in [0.25, 0.3) is 0 Å². The molecule has 1 aromatic heterocycles. The maximum Gasteiger partial charge on any atom is 0.222 e. The number of aryl methyl sites for hydroxylation is 2. The number of benzene rings is 1. The largest absolute Gasteiger partial charge is 0.342 e. The molecule has 2 amide bonds. The zero-order chi connectivity index (χ0) is 19.4. The maximum atomic E-state index is 12.5. The molecule has 2 aliphatic heterocycles. The third kappa shape index (κ3) is 4.24. The van der Waals surface area contributed by atoms with E-state index in [1.54, 1.807) is 6.20 Å². The van der Waals surface area contributed by atoms with Crippen molar-refractivity contribution in [1.29, 1.82) is 0 Å². The lowest BCUT2D eigenvalue weighted by atomic mass is 9.79. The van der Waals surface area contributed by atoms with Crippen LogP contribution in [0.5, 0.6) is 0 Å². The third-order valence-corrected chi connectivity index (χ3v) is 6.02. The summed E-state index contributed by atoms with van der Waals surface area (Å²) in [4.78, 5) is 33.1. The number of likely N-dealkylation sites (tertiary alicyclic amines) is 2. The molecule has 5 heteroatoms. The molecule has 2 fully saturated rings. The zero-order valence-corrected chi connectivity index (χ0v) is 16.2. The highest BCUT2D eigenvalue weighted by atomic mass is 16.2. The summed E-state index contributed by atoms with van der Waals surface area (Å²) >= 11 is 0. The van der Waals surface area contributed by atoms with Crippen LogP contribution in [-0.4, -0.2) is 52.8 Å². The minimum atomic E-state index is 0.131. The number of pyridine rings is 1. The van der Waals surface area contributed by atoms with Crippen LogP contribution in [0, 0.1) is 5.41 Å². The van der Waals surface area contributed by atoms with Crippen LogP contribution in [0.2, 0.25) is 0 Å². The van der Waals surface area contributed by atoms with Crippen LogP contribution >= 0.6 is 0 Å². The molecule has 4 rings (SSSR count). The number of hydrogen-bond acceptors (Lipinski definition) is 3. The van der Waals surface area contributed by atoms with Gasteiger partial charge in [-0.3, -0.25) is 14.6 Å². The number of aromatic nitrogens is 1. The Morgan fingerprint density at radius 3 is 2.21 bits per heavy atom. The number of carbonyl (C=O) groups is 2. The topological polar surface area (TPSA) is 53.5 Å². The average Bonchev–Trinajstić information content (AvgIpc) is 3.17. The molecule has 0 bridgehead atoms. The highest BCUT2D eigenvalue weighted by Crippen LogP contribution is 2.40. The predicted octanol–water partition coefficient (Wildman–Crippen LogP) is 2.71. The Labute approximate surface area is 166 Å². The molecule has 1 spiro atoms. The Kier molecular flexibility index (Phi) is 5.42. The van der Waals surface area contributed by atoms with Gasteiger partial charge in [-0.15, -0.1) is 0 Å². The summed E-state index contributed by atoms with van der Waals surface area (Å²) in [5, 5.41) is 0. The van der Waals surface area contributed by atoms with Crippen molar-refractivity contribution < 1.29 is 9.59 Å². The smallest absolute Gasteiger partial charge is 0.222 e. The molecule has 3 heterocycles. The van der Waals surface area contributed by atoms with Gasteiger partial charge in [0.2, 0.25) is 11.8 Å². The molecule has 28 heavy (non-hydrogen) atoms. The van der Waals surface area contributed by atoms with Crippen molar-refractivity contribution in [2.75, 3.05) is 26.2 Å². The van der Waals surface area contributed by atoms with Gasteiger partial charge in [0.15, 0.2) is 0 Å². The minimum Gasteiger partial charge on any atom is -0.342 e. The van der Waals surface area contributed by atoms with Crippen molar-refractivity contribution in [1.82, 2.24) is 14.8 Å². The molecule has 2 aromatic rings. The van der Waals surface area contributed by atoms with Crippen LogP contribution in [0.4, 0.5) is 0 Å². The lowest BCUT2D eigenvalue weighted by molar-refractivity contribution is -0.143. The van der Waals surface area contributed by atoms with E-state index in [4.69, 9.17) is 0 Å². The van der Waals surface area contributed by atoms with Crippen LogP contribution in [0.3, 0.4) is 0 Å². The van der Waals surface area contributed by atoms with Crippen molar-refractivity contribution in [3.05, 3.63) is 66.0 Å². The summed E-state index contributed by atoms with van der Waals surface area (Å²) < 4.78 is 0. The van der Waals surface area contributed by atoms with Crippen LogP contribution in [0.15, 0.2) is 54.9 Å². The van der Waals surface area contributed by atoms with Crippen molar-refractivity contribution in [3.63, 3.8) is 0 Å². The minimum absolute atomic E-state index is 0.131. The third-order valence-electron chi connectivity index (χ3n) is 6.02. The summed E-state index contributed by atoms with van der Waals surface area (Å²) in [6.07, 6.45) is 7.20. The van der Waals surface area contributed by atoms with Gasteiger partial charge in [0.25, 0.3) is 0 Å². The van der Waals surface area contributed by atoms with E-state index in [-0.39, 0.29) is 17.2 Å². The van der Waals surface area contributed by atoms with Gasteiger partial charge < -0.3 is 9.80 Å². The SMILES string of the molecule is O=C(CCc1cccnc1)N1CCC2(C1)CN(C(=O)CCc1ccccc1)C2. The Balaban J connectivity index is 1.20. The maximum absolute atomic E-state index is 12.5. The van der Waals surface area contributed by atoms with Crippen molar-refractivity contribution in [2.24, 2.45) is 5.41 Å². The first kappa shape index (κ1) is 18.7. The standard InChI is InChI=1S/C23H27N3O2/c27-21(11-9-20-7-4-13-24-15-20)25-14-12-23(16-25)17-26(18-23)22(28)10-8-19-5-2-1-3-6-19/h1-7,13,15H,8-12,14,16-18H2. The number of nitrogens with zero attached hydrogens (tertiary/aromatic N) is 3. The molecule has 0 N–H and O–H groups in total. The summed E-state index contributed by atoms with van der Waals surface area (Å²) in [5.41, 5.74) is 2.44. The van der Waals surface area contributed by atoms with E-state index in [2.05, 4.69) is 17.1 Å². The van der Waals surface area contributed by atoms with Crippen molar-refractivity contribution >= 4 is 11.8 Å². The molecule has 2 saturated heterocycles. The molecule has 2 aliphatic rings. The van der Waals surface area contributed by atoms with E-state index in [0.29, 0.717) is 12.8 Å². The number of carbonyl (C=O) groups excluding carboxylic acids is 2. The van der Waals surface area contributed by atoms with E-state index in [1.165, 1.54) is 5.56 Å². The van der Waals surface area contributed by atoms with Gasteiger partial charge in [0, 0.05) is 56.8 Å². The van der Waals surface area contributed by atoms with Crippen LogP contribution < -0.4 is 0 Å². The summed E-state index contributed by atoms with van der Waals surface area (Å²) in [5.74, 6) is 0.449. The van der Waals surface area contributed by atoms with E-state index >= 15 is 0 Å². The summed E-state index contributed by atoms with van der Waals surface area (Å²) in [6.45, 7) is 3.21. The second kappa shape index (κ2) is 8.13. The lowest BCUT2D eigenvalue weighted by Gasteiger charge is -2.48. The number of amides is 2. The van der Waals surface area contributed by atoms with Crippen molar-refractivity contribution in [2.45, 2.75) is 32.1 Å². The Hall–Kier alpha value is -2.69. The molecular formula is C23H27N3O2. The van der Waals surface area contributed by atoms with Gasteiger partial charge in [-0.1, -0.05) is 36.4 Å². The average molecular weight is 377 g/mol. The molecule has 0 radical (unpaired) electrons. The summed E-state index contributed by atoms with van der Waals surface area (Å²) in [6, 6.07) is 14.1. The summed E-state index contributed by atoms with van der Waals surface area (Å²) in [7, 11) is 0. The molecule has 5 nitrogen and oxygen atoms in total. The molecule has 0 atom stereocenters. The van der Waals surface area contributed by atoms with Gasteiger partial charge in [0.05, 0.1) is 0 Å². The first-order valence-electron chi connectivity index (χ1n) is 10.1. The second-order valence-electron chi connectivity index (χ2n) is 8.16. The fraction of sp³-hybridized carbons (Fsp3) is 0.435. The normalized spacial score (nSPS) is 17.6. The molecular weight excluding hydrogens is 350 g/mol. The first-order valence-corrected chi connectivity index (χ1v) is 10.1. The number of rotatable bonds is 6. The molecule has 0 saturated carbocycles. The molecule has 1 aromatic carbocycles. The second-order valence-corrected chi connectivity index (χ2v) is 8.16. The monoisotopic (exact) mass is 377 g/mol. The number of hydrogen-bond donors (Lipinski definition) is 0. The first-order chi connectivity index (χ1) is 13.6. The Morgan fingerprint density at radius 2 is 1.50 bits per heavy atom. The fourth-order valence-electron chi connectivity index (χ4n) is 4.36. The van der Waals surface area contributed by atoms with Gasteiger partial charge in [-0.2, -0.15) is 0 Å². The van der Waals surface area contributed by atoms with Gasteiger partial charge in [-0.25, -0.2) is 0 Å². The van der Waals surface area contributed by atoms with Gasteiger partial charge in [-0.05, 0) is 36.5 Å². The van der Waals surface area contributed by atoms with Crippen LogP contribution in [0.1, 0.15) is 30.4 Å². The Morgan fingerprint density at radius 1 is 0.857 bits per heavy atom. The lowest BCUT2D eigenvalue weighted by Crippen LogP contribution is -2.59. The van der Waals surface area contributed by atoms with Gasteiger partial charge in [0.1, 0.15) is 0 Å². The Bertz CT molecular complexity index is 816. The quantitative estimate of drug-likeness (QED) is 0.778. The highest BCUT2D eigenvalue weighted by molar-refractivity contribution is 5.78. The predicted molar refractivity (Wildman–Crippen MR) is 108 cm³/mol. The van der Waals surface area contributed by atoms with Crippen LogP contribution in [-0.2, 0) is 22.4 Å². The molecule has 0 aliphatic carbocycles. The van der Waals surface area contributed by atoms with Crippen molar-refractivity contribution in [3.8, 4) is 0 Å². The van der Waals surface area contributed by atoms with E-state index < -0.39 is 0 Å². The molecule has 0 unspecified atom stereocenters. The molecule has 146 valence electrons. The van der Waals surface area contributed by atoms with E-state index in [9.17, 15) is 9.59 Å². The van der Waals surface area contributed by atoms with E-state index in [1.807, 2.05) is 46.3 Å². The zero-order valence-electron chi connectivity index (χ0n) is 16.2. The van der Waals surface area contributed by atoms with E-state index in [0.717, 1.165) is 51.0 Å². The van der Waals surface area contributed by atoms with Gasteiger partial charge >= 0.3 is 0 Å². The highest BCUT2D eigenvalue weighted by Gasteiger charge is 2.49. The fourth-order valence-corrected chi connectivity index (χ4v) is 4.36.